The number of aliphatic hydroxyl groups excluding tert-OH is 2. The van der Waals surface area contributed by atoms with Crippen LogP contribution in [0.5, 0.6) is 0 Å². The van der Waals surface area contributed by atoms with Gasteiger partial charge in [0, 0.05) is 0 Å². The molecule has 0 amide bonds. The molecular formula is C8H18O2S. The van der Waals surface area contributed by atoms with Gasteiger partial charge in [-0.05, 0) is 12.2 Å². The van der Waals surface area contributed by atoms with Crippen molar-refractivity contribution in [1.29, 1.82) is 0 Å². The first-order valence-corrected chi connectivity index (χ1v) is 5.23. The highest BCUT2D eigenvalue weighted by Gasteiger charge is 2.04. The Labute approximate surface area is 73.0 Å². The highest BCUT2D eigenvalue weighted by molar-refractivity contribution is 7.99. The van der Waals surface area contributed by atoms with E-state index in [2.05, 4.69) is 6.92 Å². The van der Waals surface area contributed by atoms with E-state index in [0.29, 0.717) is 0 Å². The summed E-state index contributed by atoms with van der Waals surface area (Å²) in [6, 6.07) is 0. The predicted molar refractivity (Wildman–Crippen MR) is 49.9 cm³/mol. The lowest BCUT2D eigenvalue weighted by atomic mass is 10.3. The fraction of sp³-hybridized carbons (Fsp3) is 1.00. The summed E-state index contributed by atoms with van der Waals surface area (Å²) in [5, 5.41) is 17.4. The molecule has 0 heterocycles. The van der Waals surface area contributed by atoms with Crippen LogP contribution in [-0.4, -0.2) is 34.4 Å². The van der Waals surface area contributed by atoms with Crippen molar-refractivity contribution >= 4 is 11.8 Å². The van der Waals surface area contributed by atoms with Crippen LogP contribution in [0, 0.1) is 0 Å². The van der Waals surface area contributed by atoms with E-state index in [-0.39, 0.29) is 18.5 Å². The molecule has 0 bridgehead atoms. The molecule has 0 aromatic carbocycles. The smallest absolute Gasteiger partial charge is 0.0572 e. The van der Waals surface area contributed by atoms with E-state index in [1.54, 1.807) is 11.8 Å². The molecule has 2 nitrogen and oxygen atoms in total. The van der Waals surface area contributed by atoms with E-state index in [1.165, 1.54) is 19.3 Å². The average Bonchev–Trinajstić information content (AvgIpc) is 2.05. The van der Waals surface area contributed by atoms with Crippen molar-refractivity contribution in [3.63, 3.8) is 0 Å². The van der Waals surface area contributed by atoms with Crippen LogP contribution in [0.15, 0.2) is 0 Å². The molecule has 2 N–H and O–H groups in total. The Bertz CT molecular complexity index is 74.5. The summed E-state index contributed by atoms with van der Waals surface area (Å²) in [7, 11) is 0. The van der Waals surface area contributed by atoms with Gasteiger partial charge in [-0.2, -0.15) is 11.8 Å². The van der Waals surface area contributed by atoms with Gasteiger partial charge in [0.2, 0.25) is 0 Å². The molecule has 0 aliphatic rings. The molecule has 0 aromatic rings. The van der Waals surface area contributed by atoms with Crippen LogP contribution < -0.4 is 0 Å². The SMILES string of the molecule is CCCCCSC(CO)CO. The molecule has 0 rings (SSSR count). The molecule has 0 saturated heterocycles. The van der Waals surface area contributed by atoms with E-state index in [4.69, 9.17) is 10.2 Å². The lowest BCUT2D eigenvalue weighted by Gasteiger charge is -2.09. The highest BCUT2D eigenvalue weighted by Crippen LogP contribution is 2.12. The van der Waals surface area contributed by atoms with Crippen LogP contribution in [0.1, 0.15) is 26.2 Å². The first-order valence-electron chi connectivity index (χ1n) is 4.18. The Morgan fingerprint density at radius 3 is 2.27 bits per heavy atom. The third kappa shape index (κ3) is 6.66. The van der Waals surface area contributed by atoms with E-state index >= 15 is 0 Å². The summed E-state index contributed by atoms with van der Waals surface area (Å²) in [5.74, 6) is 1.06. The Kier molecular flexibility index (Phi) is 8.57. The van der Waals surface area contributed by atoms with Gasteiger partial charge in [0.05, 0.1) is 18.5 Å². The van der Waals surface area contributed by atoms with Gasteiger partial charge < -0.3 is 10.2 Å². The van der Waals surface area contributed by atoms with Gasteiger partial charge in [-0.3, -0.25) is 0 Å². The van der Waals surface area contributed by atoms with E-state index < -0.39 is 0 Å². The number of thioether (sulfide) groups is 1. The van der Waals surface area contributed by atoms with Crippen molar-refractivity contribution in [3.05, 3.63) is 0 Å². The Morgan fingerprint density at radius 1 is 1.18 bits per heavy atom. The Balaban J connectivity index is 3.07. The predicted octanol–water partition coefficient (Wildman–Crippen LogP) is 1.26. The minimum absolute atomic E-state index is 0.0341. The first kappa shape index (κ1) is 11.3. The third-order valence-electron chi connectivity index (χ3n) is 1.51. The van der Waals surface area contributed by atoms with Crippen LogP contribution in [0.4, 0.5) is 0 Å². The quantitative estimate of drug-likeness (QED) is 0.577. The van der Waals surface area contributed by atoms with Crippen molar-refractivity contribution in [1.82, 2.24) is 0 Å². The Hall–Kier alpha value is 0.270. The third-order valence-corrected chi connectivity index (χ3v) is 2.80. The summed E-state index contributed by atoms with van der Waals surface area (Å²) in [6.45, 7) is 2.35. The summed E-state index contributed by atoms with van der Waals surface area (Å²) < 4.78 is 0. The van der Waals surface area contributed by atoms with E-state index in [1.807, 2.05) is 0 Å². The van der Waals surface area contributed by atoms with Crippen molar-refractivity contribution in [2.24, 2.45) is 0 Å². The largest absolute Gasteiger partial charge is 0.395 e. The van der Waals surface area contributed by atoms with Gasteiger partial charge in [0.25, 0.3) is 0 Å². The molecule has 0 aromatic heterocycles. The molecule has 0 saturated carbocycles. The van der Waals surface area contributed by atoms with E-state index in [9.17, 15) is 0 Å². The summed E-state index contributed by atoms with van der Waals surface area (Å²) in [6.07, 6.45) is 3.66. The van der Waals surface area contributed by atoms with Gasteiger partial charge in [-0.1, -0.05) is 19.8 Å². The number of unbranched alkanes of at least 4 members (excludes halogenated alkanes) is 2. The summed E-state index contributed by atoms with van der Waals surface area (Å²) in [4.78, 5) is 0. The van der Waals surface area contributed by atoms with Gasteiger partial charge in [-0.15, -0.1) is 0 Å². The maximum absolute atomic E-state index is 8.70. The van der Waals surface area contributed by atoms with Gasteiger partial charge in [0.15, 0.2) is 0 Å². The van der Waals surface area contributed by atoms with Crippen LogP contribution in [0.3, 0.4) is 0 Å². The standard InChI is InChI=1S/C8H18O2S/c1-2-3-4-5-11-8(6-9)7-10/h8-10H,2-7H2,1H3. The zero-order valence-electron chi connectivity index (χ0n) is 7.12. The molecule has 0 spiro atoms. The minimum Gasteiger partial charge on any atom is -0.395 e. The molecule has 0 radical (unpaired) electrons. The number of rotatable bonds is 7. The molecule has 0 fully saturated rings. The average molecular weight is 178 g/mol. The maximum Gasteiger partial charge on any atom is 0.0572 e. The highest BCUT2D eigenvalue weighted by atomic mass is 32.2. The van der Waals surface area contributed by atoms with Gasteiger partial charge in [0.1, 0.15) is 0 Å². The summed E-state index contributed by atoms with van der Waals surface area (Å²) in [5.41, 5.74) is 0. The number of hydrogen-bond donors (Lipinski definition) is 2. The van der Waals surface area contributed by atoms with Crippen LogP contribution in [0.2, 0.25) is 0 Å². The lowest BCUT2D eigenvalue weighted by Crippen LogP contribution is -2.13. The minimum atomic E-state index is 0.0341. The number of hydrogen-bond acceptors (Lipinski definition) is 3. The van der Waals surface area contributed by atoms with Gasteiger partial charge >= 0.3 is 0 Å². The second-order valence-electron chi connectivity index (χ2n) is 2.57. The maximum atomic E-state index is 8.70. The van der Waals surface area contributed by atoms with Gasteiger partial charge in [-0.25, -0.2) is 0 Å². The van der Waals surface area contributed by atoms with Crippen molar-refractivity contribution in [2.45, 2.75) is 31.4 Å². The normalized spacial score (nSPS) is 10.9. The molecular weight excluding hydrogens is 160 g/mol. The monoisotopic (exact) mass is 178 g/mol. The molecule has 11 heavy (non-hydrogen) atoms. The van der Waals surface area contributed by atoms with Crippen LogP contribution in [-0.2, 0) is 0 Å². The zero-order valence-corrected chi connectivity index (χ0v) is 7.94. The lowest BCUT2D eigenvalue weighted by molar-refractivity contribution is 0.228. The van der Waals surface area contributed by atoms with Crippen LogP contribution in [0.25, 0.3) is 0 Å². The van der Waals surface area contributed by atoms with E-state index in [0.717, 1.165) is 5.75 Å². The van der Waals surface area contributed by atoms with Crippen LogP contribution >= 0.6 is 11.8 Å². The summed E-state index contributed by atoms with van der Waals surface area (Å²) >= 11 is 1.66. The van der Waals surface area contributed by atoms with Crippen molar-refractivity contribution in [2.75, 3.05) is 19.0 Å². The van der Waals surface area contributed by atoms with Crippen molar-refractivity contribution in [3.8, 4) is 0 Å². The molecule has 3 heteroatoms. The fourth-order valence-corrected chi connectivity index (χ4v) is 1.68. The Morgan fingerprint density at radius 2 is 1.82 bits per heavy atom. The zero-order chi connectivity index (χ0) is 8.53. The first-order chi connectivity index (χ1) is 5.35. The molecule has 0 unspecified atom stereocenters. The van der Waals surface area contributed by atoms with Crippen molar-refractivity contribution < 1.29 is 10.2 Å². The second-order valence-corrected chi connectivity index (χ2v) is 3.97. The molecule has 0 aliphatic carbocycles. The topological polar surface area (TPSA) is 40.5 Å². The molecule has 0 atom stereocenters. The second kappa shape index (κ2) is 8.37. The molecule has 0 aliphatic heterocycles. The number of aliphatic hydroxyl groups is 2. The fourth-order valence-electron chi connectivity index (χ4n) is 0.765. The molecule has 68 valence electrons.